The highest BCUT2D eigenvalue weighted by Crippen LogP contribution is 2.44. The second kappa shape index (κ2) is 4.93. The second-order valence-electron chi connectivity index (χ2n) is 5.75. The number of pyridine rings is 1. The smallest absolute Gasteiger partial charge is 0.231 e. The zero-order valence-electron chi connectivity index (χ0n) is 11.3. The van der Waals surface area contributed by atoms with E-state index in [4.69, 9.17) is 4.74 Å². The summed E-state index contributed by atoms with van der Waals surface area (Å²) in [7, 11) is 1.68. The quantitative estimate of drug-likeness (QED) is 0.829. The molecule has 1 saturated carbocycles. The van der Waals surface area contributed by atoms with Gasteiger partial charge in [0, 0.05) is 38.5 Å². The SMILES string of the molecule is COCC1(C(=O)N2CC(c3ccncc3)C2)CCC1. The fraction of sp³-hybridized carbons (Fsp3) is 0.600. The first-order valence-corrected chi connectivity index (χ1v) is 6.93. The third-order valence-corrected chi connectivity index (χ3v) is 4.53. The van der Waals surface area contributed by atoms with Crippen LogP contribution in [0.2, 0.25) is 0 Å². The highest BCUT2D eigenvalue weighted by Gasteiger charge is 2.48. The molecule has 2 aliphatic rings. The molecule has 1 aromatic heterocycles. The van der Waals surface area contributed by atoms with Crippen molar-refractivity contribution in [1.29, 1.82) is 0 Å². The molecule has 0 radical (unpaired) electrons. The van der Waals surface area contributed by atoms with Crippen molar-refractivity contribution in [3.05, 3.63) is 30.1 Å². The van der Waals surface area contributed by atoms with Crippen molar-refractivity contribution in [2.24, 2.45) is 5.41 Å². The van der Waals surface area contributed by atoms with Crippen molar-refractivity contribution in [3.8, 4) is 0 Å². The minimum atomic E-state index is -0.210. The fourth-order valence-electron chi connectivity index (χ4n) is 3.13. The van der Waals surface area contributed by atoms with Crippen molar-refractivity contribution < 1.29 is 9.53 Å². The maximum absolute atomic E-state index is 12.5. The zero-order valence-corrected chi connectivity index (χ0v) is 11.3. The Morgan fingerprint density at radius 3 is 2.63 bits per heavy atom. The van der Waals surface area contributed by atoms with E-state index in [1.165, 1.54) is 5.56 Å². The number of hydrogen-bond acceptors (Lipinski definition) is 3. The van der Waals surface area contributed by atoms with E-state index in [1.54, 1.807) is 7.11 Å². The maximum atomic E-state index is 12.5. The molecule has 4 nitrogen and oxygen atoms in total. The highest BCUT2D eigenvalue weighted by molar-refractivity contribution is 5.84. The molecule has 3 rings (SSSR count). The summed E-state index contributed by atoms with van der Waals surface area (Å²) >= 11 is 0. The molecule has 2 fully saturated rings. The van der Waals surface area contributed by atoms with E-state index >= 15 is 0 Å². The molecule has 2 heterocycles. The number of carbonyl (C=O) groups is 1. The van der Waals surface area contributed by atoms with Crippen molar-refractivity contribution >= 4 is 5.91 Å². The minimum absolute atomic E-state index is 0.210. The lowest BCUT2D eigenvalue weighted by Gasteiger charge is -2.48. The van der Waals surface area contributed by atoms with Crippen LogP contribution < -0.4 is 0 Å². The van der Waals surface area contributed by atoms with Crippen LogP contribution in [0.5, 0.6) is 0 Å². The average molecular weight is 260 g/mol. The molecular weight excluding hydrogens is 240 g/mol. The number of amides is 1. The number of aromatic nitrogens is 1. The van der Waals surface area contributed by atoms with Crippen molar-refractivity contribution in [2.45, 2.75) is 25.2 Å². The van der Waals surface area contributed by atoms with Crippen LogP contribution in [0.3, 0.4) is 0 Å². The van der Waals surface area contributed by atoms with E-state index < -0.39 is 0 Å². The number of likely N-dealkylation sites (tertiary alicyclic amines) is 1. The Balaban J connectivity index is 1.60. The van der Waals surface area contributed by atoms with Gasteiger partial charge < -0.3 is 9.64 Å². The van der Waals surface area contributed by atoms with Gasteiger partial charge in [-0.15, -0.1) is 0 Å². The molecule has 0 spiro atoms. The number of carbonyl (C=O) groups excluding carboxylic acids is 1. The molecule has 0 atom stereocenters. The van der Waals surface area contributed by atoms with E-state index in [-0.39, 0.29) is 5.41 Å². The summed E-state index contributed by atoms with van der Waals surface area (Å²) < 4.78 is 5.24. The van der Waals surface area contributed by atoms with Crippen molar-refractivity contribution in [1.82, 2.24) is 9.88 Å². The van der Waals surface area contributed by atoms with Gasteiger partial charge in [-0.2, -0.15) is 0 Å². The van der Waals surface area contributed by atoms with E-state index in [0.717, 1.165) is 32.4 Å². The van der Waals surface area contributed by atoms with Gasteiger partial charge in [-0.3, -0.25) is 9.78 Å². The third-order valence-electron chi connectivity index (χ3n) is 4.53. The molecule has 4 heteroatoms. The summed E-state index contributed by atoms with van der Waals surface area (Å²) in [4.78, 5) is 18.5. The van der Waals surface area contributed by atoms with Crippen molar-refractivity contribution in [2.75, 3.05) is 26.8 Å². The minimum Gasteiger partial charge on any atom is -0.384 e. The van der Waals surface area contributed by atoms with Gasteiger partial charge in [0.25, 0.3) is 0 Å². The van der Waals surface area contributed by atoms with Crippen LogP contribution in [0.4, 0.5) is 0 Å². The largest absolute Gasteiger partial charge is 0.384 e. The second-order valence-corrected chi connectivity index (χ2v) is 5.75. The Kier molecular flexibility index (Phi) is 3.27. The lowest BCUT2D eigenvalue weighted by molar-refractivity contribution is -0.156. The summed E-state index contributed by atoms with van der Waals surface area (Å²) in [5.74, 6) is 0.775. The Morgan fingerprint density at radius 1 is 1.42 bits per heavy atom. The molecular formula is C15H20N2O2. The van der Waals surface area contributed by atoms with Crippen LogP contribution in [0.1, 0.15) is 30.7 Å². The number of rotatable bonds is 4. The molecule has 1 aliphatic heterocycles. The van der Waals surface area contributed by atoms with E-state index in [2.05, 4.69) is 4.98 Å². The van der Waals surface area contributed by atoms with Crippen molar-refractivity contribution in [3.63, 3.8) is 0 Å². The Labute approximate surface area is 113 Å². The Morgan fingerprint density at radius 2 is 2.11 bits per heavy atom. The van der Waals surface area contributed by atoms with Crippen LogP contribution in [-0.4, -0.2) is 42.6 Å². The molecule has 0 N–H and O–H groups in total. The van der Waals surface area contributed by atoms with Gasteiger partial charge in [0.2, 0.25) is 5.91 Å². The summed E-state index contributed by atoms with van der Waals surface area (Å²) in [6.45, 7) is 2.25. The first kappa shape index (κ1) is 12.6. The monoisotopic (exact) mass is 260 g/mol. The molecule has 1 aliphatic carbocycles. The van der Waals surface area contributed by atoms with Gasteiger partial charge in [-0.05, 0) is 30.5 Å². The topological polar surface area (TPSA) is 42.4 Å². The highest BCUT2D eigenvalue weighted by atomic mass is 16.5. The van der Waals surface area contributed by atoms with Crippen LogP contribution in [0.25, 0.3) is 0 Å². The summed E-state index contributed by atoms with van der Waals surface area (Å²) in [6, 6.07) is 4.08. The van der Waals surface area contributed by atoms with Gasteiger partial charge >= 0.3 is 0 Å². The van der Waals surface area contributed by atoms with E-state index in [0.29, 0.717) is 18.4 Å². The van der Waals surface area contributed by atoms with Gasteiger partial charge in [0.1, 0.15) is 0 Å². The van der Waals surface area contributed by atoms with Gasteiger partial charge in [0.05, 0.1) is 12.0 Å². The van der Waals surface area contributed by atoms with Gasteiger partial charge in [0.15, 0.2) is 0 Å². The average Bonchev–Trinajstić information content (AvgIpc) is 2.33. The van der Waals surface area contributed by atoms with Crippen LogP contribution in [0.15, 0.2) is 24.5 Å². The van der Waals surface area contributed by atoms with Gasteiger partial charge in [-0.25, -0.2) is 0 Å². The first-order valence-electron chi connectivity index (χ1n) is 6.93. The summed E-state index contributed by atoms with van der Waals surface area (Å²) in [5.41, 5.74) is 1.08. The number of methoxy groups -OCH3 is 1. The van der Waals surface area contributed by atoms with E-state index in [1.807, 2.05) is 29.4 Å². The van der Waals surface area contributed by atoms with Crippen LogP contribution in [0, 0.1) is 5.41 Å². The molecule has 102 valence electrons. The molecule has 1 aromatic rings. The molecule has 1 amide bonds. The molecule has 0 bridgehead atoms. The standard InChI is InChI=1S/C15H20N2O2/c1-19-11-15(5-2-6-15)14(18)17-9-13(10-17)12-3-7-16-8-4-12/h3-4,7-8,13H,2,5-6,9-11H2,1H3. The zero-order chi connectivity index (χ0) is 13.3. The summed E-state index contributed by atoms with van der Waals surface area (Å²) in [5, 5.41) is 0. The third kappa shape index (κ3) is 2.14. The predicted molar refractivity (Wildman–Crippen MR) is 71.7 cm³/mol. The predicted octanol–water partition coefficient (Wildman–Crippen LogP) is 1.82. The van der Waals surface area contributed by atoms with Crippen LogP contribution in [-0.2, 0) is 9.53 Å². The maximum Gasteiger partial charge on any atom is 0.231 e. The Hall–Kier alpha value is -1.42. The number of hydrogen-bond donors (Lipinski definition) is 0. The number of ether oxygens (including phenoxy) is 1. The normalized spacial score (nSPS) is 21.6. The molecule has 19 heavy (non-hydrogen) atoms. The first-order chi connectivity index (χ1) is 9.25. The summed E-state index contributed by atoms with van der Waals surface area (Å²) in [6.07, 6.45) is 6.75. The number of nitrogens with zero attached hydrogens (tertiary/aromatic N) is 2. The molecule has 0 unspecified atom stereocenters. The molecule has 1 saturated heterocycles. The van der Waals surface area contributed by atoms with Crippen LogP contribution >= 0.6 is 0 Å². The fourth-order valence-corrected chi connectivity index (χ4v) is 3.13. The lowest BCUT2D eigenvalue weighted by Crippen LogP contribution is -2.57. The lowest BCUT2D eigenvalue weighted by atomic mass is 9.67. The molecule has 0 aromatic carbocycles. The Bertz CT molecular complexity index is 450. The van der Waals surface area contributed by atoms with Gasteiger partial charge in [-0.1, -0.05) is 6.42 Å². The van der Waals surface area contributed by atoms with E-state index in [9.17, 15) is 4.79 Å².